The van der Waals surface area contributed by atoms with Crippen LogP contribution in [-0.2, 0) is 30.6 Å². The molecule has 2 aromatic heterocycles. The van der Waals surface area contributed by atoms with Gasteiger partial charge in [-0.2, -0.15) is 0 Å². The molecule has 0 aliphatic heterocycles. The van der Waals surface area contributed by atoms with Gasteiger partial charge in [0.2, 0.25) is 5.91 Å². The van der Waals surface area contributed by atoms with Gasteiger partial charge in [-0.15, -0.1) is 11.3 Å². The average molecular weight is 383 g/mol. The number of rotatable bonds is 6. The molecular weight excluding hydrogens is 362 g/mol. The summed E-state index contributed by atoms with van der Waals surface area (Å²) in [7, 11) is 1.61. The number of methoxy groups -OCH3 is 1. The summed E-state index contributed by atoms with van der Waals surface area (Å²) in [5, 5.41) is 3.64. The Balaban J connectivity index is 1.40. The fourth-order valence-corrected chi connectivity index (χ4v) is 4.81. The molecule has 0 saturated carbocycles. The van der Waals surface area contributed by atoms with Crippen LogP contribution in [0, 0.1) is 0 Å². The van der Waals surface area contributed by atoms with E-state index in [2.05, 4.69) is 15.3 Å². The highest BCUT2D eigenvalue weighted by molar-refractivity contribution is 7.18. The van der Waals surface area contributed by atoms with Crippen molar-refractivity contribution < 1.29 is 9.53 Å². The highest BCUT2D eigenvalue weighted by Gasteiger charge is 2.21. The number of aryl methyl sites for hydroxylation is 3. The predicted molar refractivity (Wildman–Crippen MR) is 105 cm³/mol. The van der Waals surface area contributed by atoms with E-state index in [0.29, 0.717) is 18.8 Å². The minimum absolute atomic E-state index is 0.0798. The van der Waals surface area contributed by atoms with E-state index >= 15 is 0 Å². The quantitative estimate of drug-likeness (QED) is 0.686. The van der Waals surface area contributed by atoms with Gasteiger partial charge in [-0.1, -0.05) is 18.2 Å². The summed E-state index contributed by atoms with van der Waals surface area (Å²) in [6, 6.07) is 7.58. The summed E-state index contributed by atoms with van der Waals surface area (Å²) in [5.74, 6) is 1.23. The summed E-state index contributed by atoms with van der Waals surface area (Å²) in [4.78, 5) is 34.1. The van der Waals surface area contributed by atoms with Gasteiger partial charge in [0.1, 0.15) is 16.4 Å². The van der Waals surface area contributed by atoms with Gasteiger partial charge in [0.15, 0.2) is 0 Å². The van der Waals surface area contributed by atoms with Crippen molar-refractivity contribution in [3.8, 4) is 5.75 Å². The van der Waals surface area contributed by atoms with Gasteiger partial charge in [-0.05, 0) is 30.9 Å². The molecule has 3 aromatic rings. The van der Waals surface area contributed by atoms with Crippen molar-refractivity contribution in [3.63, 3.8) is 0 Å². The molecule has 27 heavy (non-hydrogen) atoms. The second kappa shape index (κ2) is 7.52. The van der Waals surface area contributed by atoms with Crippen molar-refractivity contribution in [1.82, 2.24) is 15.3 Å². The number of hydrogen-bond acceptors (Lipinski definition) is 5. The van der Waals surface area contributed by atoms with Crippen LogP contribution >= 0.6 is 11.3 Å². The molecule has 0 fully saturated rings. The Kier molecular flexibility index (Phi) is 4.94. The van der Waals surface area contributed by atoms with Crippen molar-refractivity contribution in [3.05, 3.63) is 56.4 Å². The van der Waals surface area contributed by atoms with Crippen LogP contribution in [0.4, 0.5) is 0 Å². The number of carbonyl (C=O) groups is 1. The lowest BCUT2D eigenvalue weighted by molar-refractivity contribution is -0.121. The zero-order valence-corrected chi connectivity index (χ0v) is 15.9. The number of amides is 1. The van der Waals surface area contributed by atoms with Crippen LogP contribution < -0.4 is 15.6 Å². The second-order valence-corrected chi connectivity index (χ2v) is 7.72. The zero-order valence-electron chi connectivity index (χ0n) is 15.1. The fraction of sp³-hybridized carbons (Fsp3) is 0.350. The number of aromatic amines is 1. The van der Waals surface area contributed by atoms with Crippen LogP contribution in [0.5, 0.6) is 5.75 Å². The maximum atomic E-state index is 12.4. The molecule has 140 valence electrons. The number of para-hydroxylation sites is 1. The molecule has 1 aliphatic carbocycles. The third-order valence-electron chi connectivity index (χ3n) is 4.88. The Morgan fingerprint density at radius 1 is 1.33 bits per heavy atom. The maximum Gasteiger partial charge on any atom is 0.259 e. The lowest BCUT2D eigenvalue weighted by Gasteiger charge is -2.09. The molecule has 2 N–H and O–H groups in total. The van der Waals surface area contributed by atoms with E-state index in [0.717, 1.165) is 40.8 Å². The molecule has 4 rings (SSSR count). The highest BCUT2D eigenvalue weighted by atomic mass is 32.1. The first kappa shape index (κ1) is 17.7. The Morgan fingerprint density at radius 3 is 3.04 bits per heavy atom. The Labute approximate surface area is 160 Å². The van der Waals surface area contributed by atoms with Gasteiger partial charge in [0.05, 0.1) is 12.5 Å². The van der Waals surface area contributed by atoms with Crippen molar-refractivity contribution >= 4 is 27.5 Å². The van der Waals surface area contributed by atoms with Crippen molar-refractivity contribution in [2.24, 2.45) is 0 Å². The molecule has 1 aliphatic rings. The lowest BCUT2D eigenvalue weighted by atomic mass is 10.2. The number of H-pyrrole nitrogens is 1. The molecule has 7 heteroatoms. The number of aromatic nitrogens is 2. The van der Waals surface area contributed by atoms with Crippen LogP contribution in [0.2, 0.25) is 0 Å². The van der Waals surface area contributed by atoms with Gasteiger partial charge in [0, 0.05) is 29.8 Å². The first-order valence-corrected chi connectivity index (χ1v) is 9.89. The Hall–Kier alpha value is -2.67. The minimum Gasteiger partial charge on any atom is -0.496 e. The molecule has 6 nitrogen and oxygen atoms in total. The van der Waals surface area contributed by atoms with Gasteiger partial charge < -0.3 is 15.0 Å². The minimum atomic E-state index is -0.0858. The van der Waals surface area contributed by atoms with Gasteiger partial charge in [-0.25, -0.2) is 4.98 Å². The van der Waals surface area contributed by atoms with Gasteiger partial charge >= 0.3 is 0 Å². The first-order chi connectivity index (χ1) is 13.2. The van der Waals surface area contributed by atoms with Crippen LogP contribution in [0.3, 0.4) is 0 Å². The Morgan fingerprint density at radius 2 is 2.19 bits per heavy atom. The van der Waals surface area contributed by atoms with E-state index in [1.165, 1.54) is 10.4 Å². The SMILES string of the molecule is COc1ccccc1CNC(=O)CCc1nc2sc3c(c2c(=O)[nH]1)CCC3. The van der Waals surface area contributed by atoms with Crippen LogP contribution in [-0.4, -0.2) is 23.0 Å². The molecule has 0 atom stereocenters. The summed E-state index contributed by atoms with van der Waals surface area (Å²) in [6.45, 7) is 0.406. The summed E-state index contributed by atoms with van der Waals surface area (Å²) in [6.07, 6.45) is 3.80. The van der Waals surface area contributed by atoms with E-state index in [9.17, 15) is 9.59 Å². The van der Waals surface area contributed by atoms with Crippen LogP contribution in [0.15, 0.2) is 29.1 Å². The molecule has 0 unspecified atom stereocenters. The van der Waals surface area contributed by atoms with Crippen molar-refractivity contribution in [1.29, 1.82) is 0 Å². The molecule has 0 radical (unpaired) electrons. The molecule has 1 amide bonds. The number of nitrogens with one attached hydrogen (secondary N) is 2. The number of hydrogen-bond donors (Lipinski definition) is 2. The molecule has 2 heterocycles. The first-order valence-electron chi connectivity index (χ1n) is 9.07. The monoisotopic (exact) mass is 383 g/mol. The summed E-state index contributed by atoms with van der Waals surface area (Å²) >= 11 is 1.62. The van der Waals surface area contributed by atoms with E-state index in [4.69, 9.17) is 4.74 Å². The number of carbonyl (C=O) groups excluding carboxylic acids is 1. The second-order valence-electron chi connectivity index (χ2n) is 6.64. The number of benzene rings is 1. The topological polar surface area (TPSA) is 84.1 Å². The molecule has 0 spiro atoms. The number of nitrogens with zero attached hydrogens (tertiary/aromatic N) is 1. The smallest absolute Gasteiger partial charge is 0.259 e. The fourth-order valence-electron chi connectivity index (χ4n) is 3.53. The Bertz CT molecular complexity index is 1050. The third-order valence-corrected chi connectivity index (χ3v) is 6.07. The number of ether oxygens (including phenoxy) is 1. The van der Waals surface area contributed by atoms with Gasteiger partial charge in [-0.3, -0.25) is 9.59 Å². The average Bonchev–Trinajstić information content (AvgIpc) is 3.25. The summed E-state index contributed by atoms with van der Waals surface area (Å²) in [5.41, 5.74) is 2.02. The molecule has 1 aromatic carbocycles. The van der Waals surface area contributed by atoms with E-state index in [1.54, 1.807) is 18.4 Å². The van der Waals surface area contributed by atoms with Crippen molar-refractivity contribution in [2.75, 3.05) is 7.11 Å². The van der Waals surface area contributed by atoms with Crippen LogP contribution in [0.25, 0.3) is 10.2 Å². The van der Waals surface area contributed by atoms with Gasteiger partial charge in [0.25, 0.3) is 5.56 Å². The van der Waals surface area contributed by atoms with E-state index in [1.807, 2.05) is 24.3 Å². The normalized spacial score (nSPS) is 12.9. The lowest BCUT2D eigenvalue weighted by Crippen LogP contribution is -2.24. The maximum absolute atomic E-state index is 12.4. The molecule has 0 saturated heterocycles. The zero-order chi connectivity index (χ0) is 18.8. The molecular formula is C20H21N3O3S. The summed E-state index contributed by atoms with van der Waals surface area (Å²) < 4.78 is 5.29. The predicted octanol–water partition coefficient (Wildman–Crippen LogP) is 2.73. The number of thiophene rings is 1. The standard InChI is InChI=1S/C20H21N3O3S/c1-26-14-7-3-2-5-12(14)11-21-17(24)10-9-16-22-19(25)18-13-6-4-8-15(13)27-20(18)23-16/h2-3,5,7H,4,6,8-11H2,1H3,(H,21,24)(H,22,23,25). The van der Waals surface area contributed by atoms with E-state index < -0.39 is 0 Å². The number of fused-ring (bicyclic) bond motifs is 3. The van der Waals surface area contributed by atoms with Crippen LogP contribution in [0.1, 0.15) is 34.7 Å². The molecule has 0 bridgehead atoms. The van der Waals surface area contributed by atoms with E-state index in [-0.39, 0.29) is 17.9 Å². The van der Waals surface area contributed by atoms with Crippen molar-refractivity contribution in [2.45, 2.75) is 38.6 Å². The third kappa shape index (κ3) is 3.60. The highest BCUT2D eigenvalue weighted by Crippen LogP contribution is 2.34. The largest absolute Gasteiger partial charge is 0.496 e.